The molecular weight excluding hydrogens is 342 g/mol. The number of likely N-dealkylation sites (tertiary alicyclic amines) is 1. The summed E-state index contributed by atoms with van der Waals surface area (Å²) in [6.45, 7) is 3.97. The number of allylic oxidation sites excluding steroid dienone is 1. The molecule has 0 aromatic carbocycles. The quantitative estimate of drug-likeness (QED) is 0.827. The van der Waals surface area contributed by atoms with Crippen molar-refractivity contribution in [2.24, 2.45) is 10.8 Å². The largest absolute Gasteiger partial charge is 0.338 e. The van der Waals surface area contributed by atoms with Crippen LogP contribution in [0.2, 0.25) is 0 Å². The summed E-state index contributed by atoms with van der Waals surface area (Å²) in [6, 6.07) is 1.98. The van der Waals surface area contributed by atoms with Crippen molar-refractivity contribution in [3.05, 3.63) is 29.6 Å². The van der Waals surface area contributed by atoms with Gasteiger partial charge in [0.2, 0.25) is 0 Å². The normalized spacial score (nSPS) is 24.8. The second-order valence-corrected chi connectivity index (χ2v) is 7.74. The number of carbonyl (C=O) groups excluding carboxylic acids is 2. The molecule has 3 rings (SSSR count). The first-order valence-corrected chi connectivity index (χ1v) is 8.43. The maximum absolute atomic E-state index is 12.7. The molecule has 1 fully saturated rings. The van der Waals surface area contributed by atoms with Crippen molar-refractivity contribution < 1.29 is 18.4 Å². The zero-order valence-corrected chi connectivity index (χ0v) is 14.7. The second-order valence-electron chi connectivity index (χ2n) is 7.74. The molecule has 0 saturated carbocycles. The molecule has 0 bridgehead atoms. The summed E-state index contributed by atoms with van der Waals surface area (Å²) in [5.74, 6) is -0.437. The fourth-order valence-corrected chi connectivity index (χ4v) is 4.06. The number of ketones is 1. The standard InChI is InChI=1S/C18H20F2N4O2/c1-17(2)10-18(5-12(6-21)15(17)25)3-4-23(11-18)16(26)13-7-22-24(8-13)9-14(19)20/h5,7-8,14H,3-4,9-11H2,1-2H3/t18-/m1/s1. The molecule has 2 aliphatic rings. The predicted molar refractivity (Wildman–Crippen MR) is 88.3 cm³/mol. The zero-order chi connectivity index (χ0) is 19.1. The van der Waals surface area contributed by atoms with E-state index in [0.29, 0.717) is 25.9 Å². The highest BCUT2D eigenvalue weighted by atomic mass is 19.3. The van der Waals surface area contributed by atoms with Crippen molar-refractivity contribution in [1.29, 1.82) is 5.26 Å². The Morgan fingerprint density at radius 3 is 2.85 bits per heavy atom. The van der Waals surface area contributed by atoms with Crippen LogP contribution in [0.4, 0.5) is 8.78 Å². The van der Waals surface area contributed by atoms with Crippen LogP contribution in [0.15, 0.2) is 24.0 Å². The van der Waals surface area contributed by atoms with Crippen LogP contribution in [0.25, 0.3) is 0 Å². The molecule has 26 heavy (non-hydrogen) atoms. The number of hydrogen-bond acceptors (Lipinski definition) is 4. The first-order chi connectivity index (χ1) is 12.2. The molecule has 1 spiro atoms. The van der Waals surface area contributed by atoms with E-state index >= 15 is 0 Å². The second kappa shape index (κ2) is 6.31. The van der Waals surface area contributed by atoms with E-state index in [1.807, 2.05) is 19.9 Å². The maximum Gasteiger partial charge on any atom is 0.257 e. The van der Waals surface area contributed by atoms with Gasteiger partial charge in [-0.25, -0.2) is 8.78 Å². The van der Waals surface area contributed by atoms with Crippen molar-refractivity contribution in [3.8, 4) is 6.07 Å². The van der Waals surface area contributed by atoms with E-state index in [4.69, 9.17) is 0 Å². The van der Waals surface area contributed by atoms with Gasteiger partial charge in [-0.05, 0) is 12.8 Å². The van der Waals surface area contributed by atoms with Crippen molar-refractivity contribution in [3.63, 3.8) is 0 Å². The van der Waals surface area contributed by atoms with Crippen molar-refractivity contribution in [1.82, 2.24) is 14.7 Å². The van der Waals surface area contributed by atoms with Crippen LogP contribution in [0, 0.1) is 22.2 Å². The summed E-state index contributed by atoms with van der Waals surface area (Å²) in [7, 11) is 0. The average molecular weight is 362 g/mol. The van der Waals surface area contributed by atoms with E-state index in [1.54, 1.807) is 11.0 Å². The van der Waals surface area contributed by atoms with Gasteiger partial charge in [0, 0.05) is 30.1 Å². The minimum atomic E-state index is -2.54. The molecule has 1 aromatic rings. The van der Waals surface area contributed by atoms with Gasteiger partial charge in [0.25, 0.3) is 12.3 Å². The van der Waals surface area contributed by atoms with Gasteiger partial charge in [0.15, 0.2) is 5.78 Å². The van der Waals surface area contributed by atoms with Gasteiger partial charge in [-0.3, -0.25) is 14.3 Å². The molecule has 1 aliphatic heterocycles. The molecule has 1 amide bonds. The number of carbonyl (C=O) groups is 2. The molecule has 2 heterocycles. The Kier molecular flexibility index (Phi) is 4.42. The number of halogens is 2. The van der Waals surface area contributed by atoms with Gasteiger partial charge in [0.1, 0.15) is 12.6 Å². The molecule has 0 radical (unpaired) electrons. The highest BCUT2D eigenvalue weighted by molar-refractivity contribution is 6.03. The molecule has 6 nitrogen and oxygen atoms in total. The van der Waals surface area contributed by atoms with E-state index in [0.717, 1.165) is 4.68 Å². The minimum Gasteiger partial charge on any atom is -0.338 e. The monoisotopic (exact) mass is 362 g/mol. The number of hydrogen-bond donors (Lipinski definition) is 0. The topological polar surface area (TPSA) is 79.0 Å². The number of alkyl halides is 2. The lowest BCUT2D eigenvalue weighted by molar-refractivity contribution is -0.125. The van der Waals surface area contributed by atoms with Gasteiger partial charge in [0.05, 0.1) is 17.3 Å². The molecule has 1 aromatic heterocycles. The van der Waals surface area contributed by atoms with Crippen molar-refractivity contribution in [2.75, 3.05) is 13.1 Å². The third-order valence-corrected chi connectivity index (χ3v) is 5.10. The minimum absolute atomic E-state index is 0.153. The van der Waals surface area contributed by atoms with Crippen LogP contribution in [0.1, 0.15) is 37.0 Å². The van der Waals surface area contributed by atoms with Gasteiger partial charge in [-0.1, -0.05) is 19.9 Å². The van der Waals surface area contributed by atoms with Gasteiger partial charge < -0.3 is 4.90 Å². The van der Waals surface area contributed by atoms with E-state index in [1.165, 1.54) is 12.4 Å². The fourth-order valence-electron chi connectivity index (χ4n) is 4.06. The van der Waals surface area contributed by atoms with Crippen LogP contribution in [-0.4, -0.2) is 45.9 Å². The lowest BCUT2D eigenvalue weighted by Crippen LogP contribution is -2.40. The Morgan fingerprint density at radius 2 is 2.19 bits per heavy atom. The smallest absolute Gasteiger partial charge is 0.257 e. The Balaban J connectivity index is 1.79. The first kappa shape index (κ1) is 18.2. The van der Waals surface area contributed by atoms with E-state index < -0.39 is 23.8 Å². The van der Waals surface area contributed by atoms with Crippen LogP contribution >= 0.6 is 0 Å². The molecule has 1 aliphatic carbocycles. The maximum atomic E-state index is 12.7. The Hall–Kier alpha value is -2.56. The summed E-state index contributed by atoms with van der Waals surface area (Å²) in [4.78, 5) is 26.6. The summed E-state index contributed by atoms with van der Waals surface area (Å²) >= 11 is 0. The molecule has 0 unspecified atom stereocenters. The summed E-state index contributed by atoms with van der Waals surface area (Å²) in [5, 5.41) is 13.1. The van der Waals surface area contributed by atoms with E-state index in [2.05, 4.69) is 5.10 Å². The highest BCUT2D eigenvalue weighted by Gasteiger charge is 2.48. The number of nitrogens with zero attached hydrogens (tertiary/aromatic N) is 4. The summed E-state index contributed by atoms with van der Waals surface area (Å²) in [6.07, 6.45) is 3.02. The molecule has 1 saturated heterocycles. The van der Waals surface area contributed by atoms with E-state index in [-0.39, 0.29) is 22.8 Å². The fraction of sp³-hybridized carbons (Fsp3) is 0.556. The van der Waals surface area contributed by atoms with Crippen molar-refractivity contribution >= 4 is 11.7 Å². The van der Waals surface area contributed by atoms with Crippen LogP contribution < -0.4 is 0 Å². The number of amides is 1. The number of aromatic nitrogens is 2. The van der Waals surface area contributed by atoms with Gasteiger partial charge >= 0.3 is 0 Å². The zero-order valence-electron chi connectivity index (χ0n) is 14.7. The third kappa shape index (κ3) is 3.26. The number of rotatable bonds is 3. The van der Waals surface area contributed by atoms with Gasteiger partial charge in [-0.15, -0.1) is 0 Å². The predicted octanol–water partition coefficient (Wildman–Crippen LogP) is 2.43. The number of nitriles is 1. The lowest BCUT2D eigenvalue weighted by atomic mass is 9.64. The van der Waals surface area contributed by atoms with Gasteiger partial charge in [-0.2, -0.15) is 10.4 Å². The third-order valence-electron chi connectivity index (χ3n) is 5.10. The van der Waals surface area contributed by atoms with Crippen LogP contribution in [-0.2, 0) is 11.3 Å². The average Bonchev–Trinajstić information content (AvgIpc) is 3.17. The lowest BCUT2D eigenvalue weighted by Gasteiger charge is -2.38. The Morgan fingerprint density at radius 1 is 1.46 bits per heavy atom. The molecular formula is C18H20F2N4O2. The molecule has 138 valence electrons. The van der Waals surface area contributed by atoms with Crippen molar-refractivity contribution in [2.45, 2.75) is 39.7 Å². The number of Topliss-reactive ketones (excluding diaryl/α,β-unsaturated/α-hetero) is 1. The Labute approximate surface area is 150 Å². The summed E-state index contributed by atoms with van der Waals surface area (Å²) < 4.78 is 25.9. The van der Waals surface area contributed by atoms with E-state index in [9.17, 15) is 23.6 Å². The summed E-state index contributed by atoms with van der Waals surface area (Å²) in [5.41, 5.74) is -0.642. The van der Waals surface area contributed by atoms with Crippen LogP contribution in [0.3, 0.4) is 0 Å². The molecule has 1 atom stereocenters. The Bertz CT molecular complexity index is 821. The molecule has 8 heteroatoms. The molecule has 0 N–H and O–H groups in total. The SMILES string of the molecule is CC1(C)C[C@]2(C=C(C#N)C1=O)CCN(C(=O)c1cnn(CC(F)F)c1)C2. The van der Waals surface area contributed by atoms with Crippen LogP contribution in [0.5, 0.6) is 0 Å². The first-order valence-electron chi connectivity index (χ1n) is 8.43. The highest BCUT2D eigenvalue weighted by Crippen LogP contribution is 2.48.